The SMILES string of the molecule is c1ccc(-c2ccc(-c3nc(-c4ccc(-c5ccccc5)cc4)nc(-c4ccc5c(-c6ccc7ccccc7c6)c6ccccc6c(-c6ccc7ccccc7c6)c5c4)n3)cc2)cc1. The van der Waals surface area contributed by atoms with Crippen molar-refractivity contribution in [1.82, 2.24) is 15.0 Å². The molecule has 3 heteroatoms. The lowest BCUT2D eigenvalue weighted by Gasteiger charge is -2.19. The fourth-order valence-corrected chi connectivity index (χ4v) is 9.28. The lowest BCUT2D eigenvalue weighted by molar-refractivity contribution is 1.07. The molecule has 0 spiro atoms. The quantitative estimate of drug-likeness (QED) is 0.150. The van der Waals surface area contributed by atoms with Gasteiger partial charge in [0, 0.05) is 16.7 Å². The van der Waals surface area contributed by atoms with Crippen LogP contribution in [-0.4, -0.2) is 15.0 Å². The van der Waals surface area contributed by atoms with Crippen LogP contribution in [0.2, 0.25) is 0 Å². The lowest BCUT2D eigenvalue weighted by Crippen LogP contribution is -2.00. The highest BCUT2D eigenvalue weighted by atomic mass is 15.0. The monoisotopic (exact) mass is 813 g/mol. The maximum absolute atomic E-state index is 5.27. The largest absolute Gasteiger partial charge is 0.208 e. The van der Waals surface area contributed by atoms with Gasteiger partial charge in [0.15, 0.2) is 17.5 Å². The normalized spacial score (nSPS) is 11.4. The third kappa shape index (κ3) is 6.77. The van der Waals surface area contributed by atoms with Gasteiger partial charge in [-0.2, -0.15) is 0 Å². The van der Waals surface area contributed by atoms with E-state index in [1.807, 2.05) is 12.1 Å². The molecule has 298 valence electrons. The Morgan fingerprint density at radius 2 is 0.516 bits per heavy atom. The first-order valence-corrected chi connectivity index (χ1v) is 21.8. The first-order chi connectivity index (χ1) is 31.7. The molecule has 0 bridgehead atoms. The second-order valence-corrected chi connectivity index (χ2v) is 16.4. The van der Waals surface area contributed by atoms with Crippen LogP contribution in [0.4, 0.5) is 0 Å². The van der Waals surface area contributed by atoms with Crippen LogP contribution in [0.15, 0.2) is 237 Å². The highest BCUT2D eigenvalue weighted by Crippen LogP contribution is 2.46. The minimum atomic E-state index is 0.617. The van der Waals surface area contributed by atoms with Crippen molar-refractivity contribution in [1.29, 1.82) is 0 Å². The summed E-state index contributed by atoms with van der Waals surface area (Å²) in [7, 11) is 0. The third-order valence-electron chi connectivity index (χ3n) is 12.5. The first-order valence-electron chi connectivity index (χ1n) is 21.8. The maximum Gasteiger partial charge on any atom is 0.164 e. The summed E-state index contributed by atoms with van der Waals surface area (Å²) in [6.45, 7) is 0. The van der Waals surface area contributed by atoms with E-state index in [9.17, 15) is 0 Å². The van der Waals surface area contributed by atoms with Crippen LogP contribution in [0.1, 0.15) is 0 Å². The average molecular weight is 814 g/mol. The molecule has 3 nitrogen and oxygen atoms in total. The van der Waals surface area contributed by atoms with Crippen LogP contribution in [0.25, 0.3) is 122 Å². The molecule has 0 amide bonds. The minimum Gasteiger partial charge on any atom is -0.208 e. The van der Waals surface area contributed by atoms with E-state index in [4.69, 9.17) is 15.0 Å². The van der Waals surface area contributed by atoms with Gasteiger partial charge in [0.1, 0.15) is 0 Å². The van der Waals surface area contributed by atoms with E-state index in [2.05, 4.69) is 224 Å². The molecular formula is C61H39N3. The topological polar surface area (TPSA) is 38.7 Å². The van der Waals surface area contributed by atoms with Crippen LogP contribution in [0.3, 0.4) is 0 Å². The summed E-state index contributed by atoms with van der Waals surface area (Å²) < 4.78 is 0. The molecule has 0 aliphatic rings. The Kier molecular flexibility index (Phi) is 9.16. The van der Waals surface area contributed by atoms with E-state index in [1.165, 1.54) is 65.5 Å². The van der Waals surface area contributed by atoms with Crippen LogP contribution >= 0.6 is 0 Å². The molecule has 0 aliphatic heterocycles. The number of rotatable bonds is 7. The molecule has 0 saturated heterocycles. The molecule has 1 heterocycles. The van der Waals surface area contributed by atoms with E-state index >= 15 is 0 Å². The van der Waals surface area contributed by atoms with Gasteiger partial charge in [0.05, 0.1) is 0 Å². The first kappa shape index (κ1) is 37.2. The van der Waals surface area contributed by atoms with E-state index in [-0.39, 0.29) is 0 Å². The maximum atomic E-state index is 5.27. The second kappa shape index (κ2) is 15.7. The molecule has 0 atom stereocenters. The number of nitrogens with zero attached hydrogens (tertiary/aromatic N) is 3. The number of hydrogen-bond donors (Lipinski definition) is 0. The smallest absolute Gasteiger partial charge is 0.164 e. The second-order valence-electron chi connectivity index (χ2n) is 16.4. The Morgan fingerprint density at radius 1 is 0.188 bits per heavy atom. The molecule has 12 rings (SSSR count). The molecule has 0 N–H and O–H groups in total. The third-order valence-corrected chi connectivity index (χ3v) is 12.5. The van der Waals surface area contributed by atoms with Crippen LogP contribution in [0.5, 0.6) is 0 Å². The van der Waals surface area contributed by atoms with Gasteiger partial charge in [-0.15, -0.1) is 0 Å². The average Bonchev–Trinajstić information content (AvgIpc) is 3.38. The predicted octanol–water partition coefficient (Wildman–Crippen LogP) is 16.2. The molecule has 0 unspecified atom stereocenters. The van der Waals surface area contributed by atoms with Gasteiger partial charge < -0.3 is 0 Å². The molecular weight excluding hydrogens is 775 g/mol. The summed E-state index contributed by atoms with van der Waals surface area (Å²) in [5.74, 6) is 1.86. The van der Waals surface area contributed by atoms with Gasteiger partial charge in [0.2, 0.25) is 0 Å². The zero-order valence-corrected chi connectivity index (χ0v) is 34.9. The molecule has 0 aliphatic carbocycles. The van der Waals surface area contributed by atoms with Gasteiger partial charge in [-0.3, -0.25) is 0 Å². The number of fused-ring (bicyclic) bond motifs is 4. The van der Waals surface area contributed by atoms with Gasteiger partial charge in [-0.1, -0.05) is 218 Å². The number of benzene rings is 11. The minimum absolute atomic E-state index is 0.617. The molecule has 0 fully saturated rings. The van der Waals surface area contributed by atoms with E-state index in [0.29, 0.717) is 17.5 Å². The highest BCUT2D eigenvalue weighted by molar-refractivity contribution is 6.22. The highest BCUT2D eigenvalue weighted by Gasteiger charge is 2.20. The number of hydrogen-bond acceptors (Lipinski definition) is 3. The fraction of sp³-hybridized carbons (Fsp3) is 0. The fourth-order valence-electron chi connectivity index (χ4n) is 9.28. The summed E-state index contributed by atoms with van der Waals surface area (Å²) >= 11 is 0. The lowest BCUT2D eigenvalue weighted by atomic mass is 9.84. The molecule has 64 heavy (non-hydrogen) atoms. The van der Waals surface area contributed by atoms with Gasteiger partial charge in [0.25, 0.3) is 0 Å². The van der Waals surface area contributed by atoms with Gasteiger partial charge in [-0.05, 0) is 106 Å². The Bertz CT molecular complexity index is 3590. The van der Waals surface area contributed by atoms with Crippen molar-refractivity contribution in [2.24, 2.45) is 0 Å². The summed E-state index contributed by atoms with van der Waals surface area (Å²) in [6, 6.07) is 84.4. The van der Waals surface area contributed by atoms with Crippen molar-refractivity contribution in [3.63, 3.8) is 0 Å². The van der Waals surface area contributed by atoms with Crippen LogP contribution in [-0.2, 0) is 0 Å². The van der Waals surface area contributed by atoms with Crippen molar-refractivity contribution >= 4 is 43.1 Å². The zero-order chi connectivity index (χ0) is 42.4. The summed E-state index contributed by atoms with van der Waals surface area (Å²) in [5, 5.41) is 9.57. The predicted molar refractivity (Wildman–Crippen MR) is 268 cm³/mol. The summed E-state index contributed by atoms with van der Waals surface area (Å²) in [6.07, 6.45) is 0. The van der Waals surface area contributed by atoms with Gasteiger partial charge >= 0.3 is 0 Å². The van der Waals surface area contributed by atoms with E-state index in [0.717, 1.165) is 38.8 Å². The molecule has 11 aromatic carbocycles. The van der Waals surface area contributed by atoms with E-state index < -0.39 is 0 Å². The van der Waals surface area contributed by atoms with Gasteiger partial charge in [-0.25, -0.2) is 15.0 Å². The Labute approximate surface area is 371 Å². The molecule has 0 radical (unpaired) electrons. The zero-order valence-electron chi connectivity index (χ0n) is 34.9. The standard InChI is InChI=1S/C61H39N3/c1-3-13-40(14-4-1)44-23-29-46(30-24-44)59-62-60(47-31-25-45(26-32-47)41-15-5-2-6-16-41)64-61(63-59)52-35-36-55-56(39-52)58(51-34-28-43-18-8-10-20-49(43)38-51)54-22-12-11-21-53(54)57(55)50-33-27-42-17-7-9-19-48(42)37-50/h1-39H. The van der Waals surface area contributed by atoms with Crippen molar-refractivity contribution in [2.45, 2.75) is 0 Å². The van der Waals surface area contributed by atoms with Crippen LogP contribution in [0, 0.1) is 0 Å². The molecule has 12 aromatic rings. The molecule has 1 aromatic heterocycles. The summed E-state index contributed by atoms with van der Waals surface area (Å²) in [4.78, 5) is 15.7. The molecule has 0 saturated carbocycles. The van der Waals surface area contributed by atoms with E-state index in [1.54, 1.807) is 0 Å². The van der Waals surface area contributed by atoms with Crippen molar-refractivity contribution in [3.8, 4) is 78.7 Å². The Balaban J connectivity index is 1.09. The van der Waals surface area contributed by atoms with Crippen molar-refractivity contribution < 1.29 is 0 Å². The van der Waals surface area contributed by atoms with Crippen molar-refractivity contribution in [2.75, 3.05) is 0 Å². The van der Waals surface area contributed by atoms with Crippen molar-refractivity contribution in [3.05, 3.63) is 237 Å². The van der Waals surface area contributed by atoms with Crippen LogP contribution < -0.4 is 0 Å². The Hall–Kier alpha value is -8.53. The summed E-state index contributed by atoms with van der Waals surface area (Å²) in [5.41, 5.74) is 12.1. The Morgan fingerprint density at radius 3 is 1.00 bits per heavy atom. The number of aromatic nitrogens is 3.